The quantitative estimate of drug-likeness (QED) is 0.330. The smallest absolute Gasteiger partial charge is 0.328 e. The number of imidazole rings is 1. The third-order valence-corrected chi connectivity index (χ3v) is 6.49. The van der Waals surface area contributed by atoms with Gasteiger partial charge < -0.3 is 15.4 Å². The van der Waals surface area contributed by atoms with E-state index in [0.29, 0.717) is 36.1 Å². The summed E-state index contributed by atoms with van der Waals surface area (Å²) in [5.41, 5.74) is 2.53. The van der Waals surface area contributed by atoms with Gasteiger partial charge in [-0.05, 0) is 37.3 Å². The first-order valence-corrected chi connectivity index (χ1v) is 12.6. The number of carbonyl (C=O) groups excluding carboxylic acids is 2. The average Bonchev–Trinajstić information content (AvgIpc) is 3.49. The topological polar surface area (TPSA) is 119 Å². The number of aromatic amines is 1. The van der Waals surface area contributed by atoms with Gasteiger partial charge in [-0.25, -0.2) is 9.78 Å². The molecule has 2 aromatic heterocycles. The molecule has 10 nitrogen and oxygen atoms in total. The van der Waals surface area contributed by atoms with Gasteiger partial charge in [0.2, 0.25) is 5.91 Å². The van der Waals surface area contributed by atoms with Gasteiger partial charge in [0.25, 0.3) is 0 Å². The number of carbonyl (C=O) groups is 2. The molecule has 0 fully saturated rings. The number of urea groups is 1. The van der Waals surface area contributed by atoms with Crippen molar-refractivity contribution in [2.24, 2.45) is 0 Å². The average molecular weight is 502 g/mol. The van der Waals surface area contributed by atoms with E-state index in [4.69, 9.17) is 0 Å². The summed E-state index contributed by atoms with van der Waals surface area (Å²) in [7, 11) is 0. The van der Waals surface area contributed by atoms with Crippen LogP contribution in [0.25, 0.3) is 22.3 Å². The van der Waals surface area contributed by atoms with Crippen LogP contribution in [0.4, 0.5) is 16.3 Å². The maximum atomic E-state index is 13.0. The highest BCUT2D eigenvalue weighted by Crippen LogP contribution is 2.35. The number of hydrogen-bond donors (Lipinski definition) is 3. The van der Waals surface area contributed by atoms with Crippen LogP contribution >= 0.6 is 0 Å². The van der Waals surface area contributed by atoms with Crippen molar-refractivity contribution in [2.45, 2.75) is 46.4 Å². The Bertz CT molecular complexity index is 1450. The fourth-order valence-corrected chi connectivity index (χ4v) is 4.72. The van der Waals surface area contributed by atoms with Gasteiger partial charge in [0.1, 0.15) is 17.9 Å². The minimum Gasteiger partial charge on any atom is -0.368 e. The molecular formula is C27H31N7O3. The van der Waals surface area contributed by atoms with Gasteiger partial charge in [-0.15, -0.1) is 0 Å². The van der Waals surface area contributed by atoms with Gasteiger partial charge in [-0.3, -0.25) is 19.3 Å². The van der Waals surface area contributed by atoms with Gasteiger partial charge in [0, 0.05) is 29.9 Å². The molecule has 0 radical (unpaired) electrons. The highest BCUT2D eigenvalue weighted by atomic mass is 16.3. The zero-order valence-electron chi connectivity index (χ0n) is 21.2. The van der Waals surface area contributed by atoms with Crippen LogP contribution in [0.2, 0.25) is 0 Å². The number of aromatic nitrogens is 4. The van der Waals surface area contributed by atoms with Crippen LogP contribution in [0.1, 0.15) is 44.3 Å². The van der Waals surface area contributed by atoms with Crippen molar-refractivity contribution < 1.29 is 14.7 Å². The summed E-state index contributed by atoms with van der Waals surface area (Å²) in [6, 6.07) is 15.3. The van der Waals surface area contributed by atoms with E-state index in [1.54, 1.807) is 9.58 Å². The Hall–Kier alpha value is -4.18. The number of rotatable bonds is 8. The first kappa shape index (κ1) is 24.5. The number of nitrogens with zero attached hydrogens (tertiary/aromatic N) is 5. The van der Waals surface area contributed by atoms with E-state index < -0.39 is 6.23 Å². The Balaban J connectivity index is 1.39. The second-order valence-electron chi connectivity index (χ2n) is 9.23. The van der Waals surface area contributed by atoms with Gasteiger partial charge >= 0.3 is 6.03 Å². The largest absolute Gasteiger partial charge is 0.368 e. The highest BCUT2D eigenvalue weighted by Gasteiger charge is 2.39. The Morgan fingerprint density at radius 1 is 1.11 bits per heavy atom. The fraction of sp³-hybridized carbons (Fsp3) is 0.333. The van der Waals surface area contributed by atoms with Gasteiger partial charge in [0.05, 0.1) is 0 Å². The summed E-state index contributed by atoms with van der Waals surface area (Å²) < 4.78 is 1.62. The fourth-order valence-electron chi connectivity index (χ4n) is 4.72. The van der Waals surface area contributed by atoms with E-state index in [2.05, 4.69) is 20.4 Å². The first-order valence-electron chi connectivity index (χ1n) is 12.6. The minimum absolute atomic E-state index is 0.0306. The summed E-state index contributed by atoms with van der Waals surface area (Å²) >= 11 is 0. The molecule has 1 unspecified atom stereocenters. The SMILES string of the molecule is CCCN1C(=O)N(CCC)C(O)c2[nH]c(-c3cc(C)n(CC(=O)Nc4cccc5ccccc45)n3)nc21. The summed E-state index contributed by atoms with van der Waals surface area (Å²) in [5.74, 6) is 0.661. The predicted molar refractivity (Wildman–Crippen MR) is 142 cm³/mol. The lowest BCUT2D eigenvalue weighted by molar-refractivity contribution is -0.116. The Morgan fingerprint density at radius 2 is 1.86 bits per heavy atom. The summed E-state index contributed by atoms with van der Waals surface area (Å²) in [4.78, 5) is 36.8. The van der Waals surface area contributed by atoms with Crippen LogP contribution in [0.15, 0.2) is 48.5 Å². The number of benzene rings is 2. The molecule has 37 heavy (non-hydrogen) atoms. The van der Waals surface area contributed by atoms with Crippen molar-refractivity contribution in [3.8, 4) is 11.5 Å². The zero-order chi connectivity index (χ0) is 26.1. The second-order valence-corrected chi connectivity index (χ2v) is 9.23. The lowest BCUT2D eigenvalue weighted by Gasteiger charge is -2.37. The molecule has 0 aliphatic carbocycles. The summed E-state index contributed by atoms with van der Waals surface area (Å²) in [6.07, 6.45) is 0.374. The molecule has 0 saturated heterocycles. The van der Waals surface area contributed by atoms with Crippen LogP contribution < -0.4 is 10.2 Å². The molecular weight excluding hydrogens is 470 g/mol. The van der Waals surface area contributed by atoms with Crippen LogP contribution in [-0.2, 0) is 11.3 Å². The van der Waals surface area contributed by atoms with E-state index in [-0.39, 0.29) is 18.5 Å². The van der Waals surface area contributed by atoms with Crippen molar-refractivity contribution in [1.29, 1.82) is 0 Å². The van der Waals surface area contributed by atoms with Crippen molar-refractivity contribution in [2.75, 3.05) is 23.3 Å². The van der Waals surface area contributed by atoms with Crippen LogP contribution in [0.5, 0.6) is 0 Å². The Morgan fingerprint density at radius 3 is 2.65 bits per heavy atom. The van der Waals surface area contributed by atoms with Gasteiger partial charge in [-0.1, -0.05) is 50.2 Å². The molecule has 1 atom stereocenters. The Labute approximate surface area is 214 Å². The number of H-pyrrole nitrogens is 1. The third-order valence-electron chi connectivity index (χ3n) is 6.49. The maximum Gasteiger partial charge on any atom is 0.328 e. The number of aryl methyl sites for hydroxylation is 1. The molecule has 4 aromatic rings. The lowest BCUT2D eigenvalue weighted by Crippen LogP contribution is -2.50. The van der Waals surface area contributed by atoms with Crippen molar-refractivity contribution in [3.05, 3.63) is 59.9 Å². The number of nitrogens with one attached hydrogen (secondary N) is 2. The van der Waals surface area contributed by atoms with E-state index in [0.717, 1.165) is 35.0 Å². The van der Waals surface area contributed by atoms with Crippen LogP contribution in [0, 0.1) is 6.92 Å². The predicted octanol–water partition coefficient (Wildman–Crippen LogP) is 4.43. The highest BCUT2D eigenvalue weighted by molar-refractivity contribution is 6.02. The molecule has 10 heteroatoms. The Kier molecular flexibility index (Phi) is 6.66. The maximum absolute atomic E-state index is 13.0. The summed E-state index contributed by atoms with van der Waals surface area (Å²) in [6.45, 7) is 6.78. The second kappa shape index (κ2) is 10.1. The normalized spacial score (nSPS) is 15.4. The third kappa shape index (κ3) is 4.55. The molecule has 0 saturated carbocycles. The molecule has 2 aromatic carbocycles. The van der Waals surface area contributed by atoms with Crippen LogP contribution in [-0.4, -0.2) is 54.8 Å². The molecule has 0 spiro atoms. The monoisotopic (exact) mass is 501 g/mol. The van der Waals surface area contributed by atoms with Gasteiger partial charge in [-0.2, -0.15) is 5.10 Å². The van der Waals surface area contributed by atoms with E-state index in [9.17, 15) is 14.7 Å². The molecule has 3 N–H and O–H groups in total. The molecule has 3 amide bonds. The van der Waals surface area contributed by atoms with Gasteiger partial charge in [0.15, 0.2) is 17.9 Å². The number of anilines is 2. The number of aliphatic hydroxyl groups excluding tert-OH is 1. The van der Waals surface area contributed by atoms with E-state index in [1.165, 1.54) is 4.90 Å². The number of hydrogen-bond acceptors (Lipinski definition) is 5. The summed E-state index contributed by atoms with van der Waals surface area (Å²) in [5, 5.41) is 20.5. The molecule has 1 aliphatic rings. The van der Waals surface area contributed by atoms with E-state index >= 15 is 0 Å². The number of aliphatic hydroxyl groups is 1. The van der Waals surface area contributed by atoms with Crippen LogP contribution in [0.3, 0.4) is 0 Å². The first-order chi connectivity index (χ1) is 17.9. The number of fused-ring (bicyclic) bond motifs is 2. The lowest BCUT2D eigenvalue weighted by atomic mass is 10.1. The number of amides is 3. The van der Waals surface area contributed by atoms with Crippen molar-refractivity contribution >= 4 is 34.2 Å². The molecule has 0 bridgehead atoms. The zero-order valence-corrected chi connectivity index (χ0v) is 21.2. The molecule has 192 valence electrons. The van der Waals surface area contributed by atoms with E-state index in [1.807, 2.05) is 69.3 Å². The molecule has 3 heterocycles. The standard InChI is InChI=1S/C27H31N7O3/c1-4-13-32-25-23(26(36)33(14-5-2)27(32)37)29-24(30-25)21-15-17(3)34(31-21)16-22(35)28-20-12-8-10-18-9-6-7-11-19(18)20/h6-12,15,26,36H,4-5,13-14,16H2,1-3H3,(H,28,35)(H,29,30). The molecule has 1 aliphatic heterocycles. The molecule has 5 rings (SSSR count). The van der Waals surface area contributed by atoms with Crippen molar-refractivity contribution in [1.82, 2.24) is 24.6 Å². The minimum atomic E-state index is -1.11. The van der Waals surface area contributed by atoms with Crippen molar-refractivity contribution in [3.63, 3.8) is 0 Å².